The van der Waals surface area contributed by atoms with Crippen molar-refractivity contribution in [1.29, 1.82) is 0 Å². The van der Waals surface area contributed by atoms with Crippen LogP contribution in [0.1, 0.15) is 12.0 Å². The molecule has 0 unspecified atom stereocenters. The van der Waals surface area contributed by atoms with Crippen LogP contribution in [0.15, 0.2) is 35.8 Å². The Labute approximate surface area is 103 Å². The lowest BCUT2D eigenvalue weighted by atomic mass is 10.2. The number of hydrogen-bond donors (Lipinski definition) is 0. The number of hydrogen-bond acceptors (Lipinski definition) is 5. The molecule has 0 saturated carbocycles. The molecule has 0 spiro atoms. The van der Waals surface area contributed by atoms with Gasteiger partial charge in [-0.1, -0.05) is 0 Å². The number of anilines is 1. The predicted octanol–water partition coefficient (Wildman–Crippen LogP) is 0.351. The first-order valence-electron chi connectivity index (χ1n) is 5.41. The van der Waals surface area contributed by atoms with Crippen LogP contribution >= 0.6 is 0 Å². The summed E-state index contributed by atoms with van der Waals surface area (Å²) in [5, 5.41) is 17.2. The highest BCUT2D eigenvalue weighted by Gasteiger charge is 2.27. The predicted molar refractivity (Wildman–Crippen MR) is 63.9 cm³/mol. The van der Waals surface area contributed by atoms with Crippen LogP contribution in [0.5, 0.6) is 0 Å². The fourth-order valence-corrected chi connectivity index (χ4v) is 1.75. The van der Waals surface area contributed by atoms with Gasteiger partial charge in [-0.25, -0.2) is 0 Å². The highest BCUT2D eigenvalue weighted by Crippen LogP contribution is 2.19. The average Bonchev–Trinajstić information content (AvgIpc) is 2.97. The van der Waals surface area contributed by atoms with Crippen LogP contribution in [0, 0.1) is 0 Å². The Balaban J connectivity index is 1.94. The first kappa shape index (κ1) is 10.6. The summed E-state index contributed by atoms with van der Waals surface area (Å²) in [6.07, 6.45) is 5.32. The lowest BCUT2D eigenvalue weighted by molar-refractivity contribution is -0.116. The fourth-order valence-electron chi connectivity index (χ4n) is 1.75. The molecule has 0 atom stereocenters. The van der Waals surface area contributed by atoms with Gasteiger partial charge in [0, 0.05) is 25.0 Å². The first-order valence-corrected chi connectivity index (χ1v) is 5.41. The van der Waals surface area contributed by atoms with Crippen molar-refractivity contribution < 1.29 is 4.79 Å². The fraction of sp³-hybridized carbons (Fsp3) is 0.182. The van der Waals surface area contributed by atoms with Crippen molar-refractivity contribution in [2.75, 3.05) is 5.01 Å². The number of aromatic nitrogens is 4. The van der Waals surface area contributed by atoms with E-state index in [1.807, 2.05) is 13.2 Å². The van der Waals surface area contributed by atoms with E-state index in [0.29, 0.717) is 11.5 Å². The minimum atomic E-state index is -0.116. The molecule has 90 valence electrons. The minimum Gasteiger partial charge on any atom is -0.275 e. The quantitative estimate of drug-likeness (QED) is 0.761. The lowest BCUT2D eigenvalue weighted by Gasteiger charge is -2.07. The number of carbonyl (C=O) groups is 1. The van der Waals surface area contributed by atoms with E-state index in [-0.39, 0.29) is 12.3 Å². The van der Waals surface area contributed by atoms with Crippen LogP contribution in [0.2, 0.25) is 0 Å². The van der Waals surface area contributed by atoms with Gasteiger partial charge in [-0.2, -0.15) is 20.3 Å². The Morgan fingerprint density at radius 3 is 2.94 bits per heavy atom. The van der Waals surface area contributed by atoms with Crippen LogP contribution in [-0.4, -0.2) is 31.6 Å². The van der Waals surface area contributed by atoms with Crippen molar-refractivity contribution in [2.45, 2.75) is 6.42 Å². The number of rotatable bonds is 2. The Bertz CT molecular complexity index is 617. The van der Waals surface area contributed by atoms with Gasteiger partial charge in [0.15, 0.2) is 5.82 Å². The minimum absolute atomic E-state index is 0.116. The highest BCUT2D eigenvalue weighted by molar-refractivity contribution is 6.18. The standard InChI is InChI=1S/C11H10N6O/c1-16-7-8(6-13-16)9-5-11(18)17(15-9)10-3-2-4-12-14-10/h2-4,6-7H,5H2,1H3. The molecule has 0 aromatic carbocycles. The number of nitrogens with zero attached hydrogens (tertiary/aromatic N) is 6. The number of hydrazone groups is 1. The molecule has 7 heteroatoms. The maximum absolute atomic E-state index is 11.9. The molecule has 0 saturated heterocycles. The third-order valence-electron chi connectivity index (χ3n) is 2.59. The summed E-state index contributed by atoms with van der Waals surface area (Å²) in [6.45, 7) is 0. The molecule has 2 aromatic heterocycles. The second kappa shape index (κ2) is 4.02. The summed E-state index contributed by atoms with van der Waals surface area (Å²) in [5.74, 6) is 0.316. The monoisotopic (exact) mass is 242 g/mol. The third kappa shape index (κ3) is 1.75. The first-order chi connectivity index (χ1) is 8.74. The molecule has 0 radical (unpaired) electrons. The van der Waals surface area contributed by atoms with Crippen molar-refractivity contribution in [3.05, 3.63) is 36.3 Å². The lowest BCUT2D eigenvalue weighted by Crippen LogP contribution is -2.20. The highest BCUT2D eigenvalue weighted by atomic mass is 16.2. The van der Waals surface area contributed by atoms with Crippen molar-refractivity contribution in [3.8, 4) is 0 Å². The summed E-state index contributed by atoms with van der Waals surface area (Å²) in [4.78, 5) is 11.9. The summed E-state index contributed by atoms with van der Waals surface area (Å²) in [5.41, 5.74) is 1.54. The molecule has 1 aliphatic heterocycles. The Kier molecular flexibility index (Phi) is 2.36. The van der Waals surface area contributed by atoms with Gasteiger partial charge in [0.05, 0.1) is 18.3 Å². The summed E-state index contributed by atoms with van der Waals surface area (Å²) in [6, 6.07) is 3.41. The topological polar surface area (TPSA) is 76.3 Å². The second-order valence-corrected chi connectivity index (χ2v) is 3.91. The van der Waals surface area contributed by atoms with E-state index in [1.165, 1.54) is 5.01 Å². The molecule has 1 amide bonds. The molecule has 2 aromatic rings. The molecular weight excluding hydrogens is 232 g/mol. The zero-order valence-corrected chi connectivity index (χ0v) is 9.69. The van der Waals surface area contributed by atoms with Gasteiger partial charge in [-0.3, -0.25) is 9.48 Å². The van der Waals surface area contributed by atoms with Crippen LogP contribution in [0.25, 0.3) is 0 Å². The smallest absolute Gasteiger partial charge is 0.255 e. The zero-order valence-electron chi connectivity index (χ0n) is 9.69. The van der Waals surface area contributed by atoms with Gasteiger partial charge in [0.25, 0.3) is 5.91 Å². The van der Waals surface area contributed by atoms with Crippen LogP contribution in [-0.2, 0) is 11.8 Å². The van der Waals surface area contributed by atoms with E-state index < -0.39 is 0 Å². The van der Waals surface area contributed by atoms with Crippen molar-refractivity contribution in [3.63, 3.8) is 0 Å². The maximum Gasteiger partial charge on any atom is 0.255 e. The largest absolute Gasteiger partial charge is 0.275 e. The van der Waals surface area contributed by atoms with Gasteiger partial charge in [0.1, 0.15) is 0 Å². The van der Waals surface area contributed by atoms with E-state index >= 15 is 0 Å². The van der Waals surface area contributed by atoms with Crippen molar-refractivity contribution >= 4 is 17.4 Å². The van der Waals surface area contributed by atoms with Crippen molar-refractivity contribution in [2.24, 2.45) is 12.1 Å². The molecule has 1 aliphatic rings. The van der Waals surface area contributed by atoms with E-state index in [9.17, 15) is 4.79 Å². The maximum atomic E-state index is 11.9. The van der Waals surface area contributed by atoms with E-state index in [2.05, 4.69) is 20.4 Å². The molecule has 0 fully saturated rings. The molecule has 3 rings (SSSR count). The molecule has 7 nitrogen and oxygen atoms in total. The molecule has 0 bridgehead atoms. The summed E-state index contributed by atoms with van der Waals surface area (Å²) >= 11 is 0. The van der Waals surface area contributed by atoms with Gasteiger partial charge in [-0.05, 0) is 12.1 Å². The third-order valence-corrected chi connectivity index (χ3v) is 2.59. The molecule has 18 heavy (non-hydrogen) atoms. The Morgan fingerprint density at radius 1 is 1.39 bits per heavy atom. The van der Waals surface area contributed by atoms with Crippen LogP contribution in [0.3, 0.4) is 0 Å². The number of carbonyl (C=O) groups excluding carboxylic acids is 1. The van der Waals surface area contributed by atoms with Gasteiger partial charge in [0.2, 0.25) is 0 Å². The van der Waals surface area contributed by atoms with E-state index in [0.717, 1.165) is 5.56 Å². The zero-order chi connectivity index (χ0) is 12.5. The molecule has 0 aliphatic carbocycles. The Morgan fingerprint density at radius 2 is 2.28 bits per heavy atom. The van der Waals surface area contributed by atoms with E-state index in [1.54, 1.807) is 29.2 Å². The SMILES string of the molecule is Cn1cc(C2=NN(c3cccnn3)C(=O)C2)cn1. The molecule has 3 heterocycles. The van der Waals surface area contributed by atoms with Crippen LogP contribution in [0.4, 0.5) is 5.82 Å². The summed E-state index contributed by atoms with van der Waals surface area (Å²) in [7, 11) is 1.82. The van der Waals surface area contributed by atoms with Gasteiger partial charge < -0.3 is 0 Å². The van der Waals surface area contributed by atoms with Crippen LogP contribution < -0.4 is 5.01 Å². The van der Waals surface area contributed by atoms with Crippen molar-refractivity contribution in [1.82, 2.24) is 20.0 Å². The molecule has 0 N–H and O–H groups in total. The number of amides is 1. The summed E-state index contributed by atoms with van der Waals surface area (Å²) < 4.78 is 1.67. The molecular formula is C11H10N6O. The van der Waals surface area contributed by atoms with Gasteiger partial charge >= 0.3 is 0 Å². The second-order valence-electron chi connectivity index (χ2n) is 3.91. The number of aryl methyl sites for hydroxylation is 1. The average molecular weight is 242 g/mol. The van der Waals surface area contributed by atoms with Gasteiger partial charge in [-0.15, -0.1) is 5.10 Å². The van der Waals surface area contributed by atoms with E-state index in [4.69, 9.17) is 0 Å². The Hall–Kier alpha value is -2.57. The normalized spacial score (nSPS) is 15.1.